The molecule has 2 aromatic rings. The molecule has 1 aliphatic rings. The second-order valence-electron chi connectivity index (χ2n) is 6.72. The van der Waals surface area contributed by atoms with E-state index in [1.54, 1.807) is 44.2 Å². The Kier molecular flexibility index (Phi) is 5.34. The molecular weight excluding hydrogens is 373 g/mol. The van der Waals surface area contributed by atoms with Crippen molar-refractivity contribution < 1.29 is 18.7 Å². The maximum Gasteiger partial charge on any atom is 0.325 e. The molecule has 0 saturated heterocycles. The molecule has 0 aliphatic carbocycles. The van der Waals surface area contributed by atoms with Crippen molar-refractivity contribution in [3.8, 4) is 12.1 Å². The highest BCUT2D eigenvalue weighted by Gasteiger charge is 2.60. The lowest BCUT2D eigenvalue weighted by Crippen LogP contribution is -2.47. The van der Waals surface area contributed by atoms with Crippen molar-refractivity contribution in [3.63, 3.8) is 0 Å². The molecule has 0 bridgehead atoms. The molecule has 1 heterocycles. The predicted molar refractivity (Wildman–Crippen MR) is 102 cm³/mol. The normalized spacial score (nSPS) is 18.5. The monoisotopic (exact) mass is 391 g/mol. The highest BCUT2D eigenvalue weighted by molar-refractivity contribution is 6.13. The maximum atomic E-state index is 13.5. The molecule has 7 heteroatoms. The number of aryl methyl sites for hydroxylation is 1. The lowest BCUT2D eigenvalue weighted by Gasteiger charge is -2.25. The summed E-state index contributed by atoms with van der Waals surface area (Å²) in [5, 5.41) is 19.7. The Morgan fingerprint density at radius 2 is 1.93 bits per heavy atom. The number of nitriles is 2. The van der Waals surface area contributed by atoms with Crippen molar-refractivity contribution in [2.45, 2.75) is 25.8 Å². The number of para-hydroxylation sites is 1. The Bertz CT molecular complexity index is 1050. The Labute approximate surface area is 167 Å². The lowest BCUT2D eigenvalue weighted by atomic mass is 9.72. The van der Waals surface area contributed by atoms with Gasteiger partial charge in [-0.1, -0.05) is 30.3 Å². The van der Waals surface area contributed by atoms with Gasteiger partial charge in [0.25, 0.3) is 5.91 Å². The smallest absolute Gasteiger partial charge is 0.325 e. The van der Waals surface area contributed by atoms with Crippen LogP contribution < -0.4 is 4.90 Å². The summed E-state index contributed by atoms with van der Waals surface area (Å²) in [6.07, 6.45) is 0. The number of fused-ring (bicyclic) bond motifs is 1. The second-order valence-corrected chi connectivity index (χ2v) is 6.72. The number of hydrogen-bond donors (Lipinski definition) is 0. The summed E-state index contributed by atoms with van der Waals surface area (Å²) in [5.74, 6) is -3.61. The van der Waals surface area contributed by atoms with Crippen molar-refractivity contribution in [3.05, 3.63) is 65.0 Å². The zero-order chi connectivity index (χ0) is 21.2. The van der Waals surface area contributed by atoms with Crippen molar-refractivity contribution in [2.24, 2.45) is 5.92 Å². The number of carbonyl (C=O) groups excluding carboxylic acids is 2. The third-order valence-corrected chi connectivity index (χ3v) is 5.03. The second kappa shape index (κ2) is 7.73. The van der Waals surface area contributed by atoms with Gasteiger partial charge in [-0.05, 0) is 37.1 Å². The van der Waals surface area contributed by atoms with E-state index in [9.17, 15) is 24.5 Å². The molecule has 0 radical (unpaired) electrons. The molecule has 6 nitrogen and oxygen atoms in total. The third-order valence-electron chi connectivity index (χ3n) is 5.03. The van der Waals surface area contributed by atoms with E-state index in [1.807, 2.05) is 12.1 Å². The van der Waals surface area contributed by atoms with Crippen molar-refractivity contribution in [1.29, 1.82) is 10.5 Å². The molecule has 1 amide bonds. The molecule has 0 fully saturated rings. The number of ether oxygens (including phenoxy) is 1. The number of esters is 1. The molecule has 0 spiro atoms. The molecular formula is C22H18FN3O3. The van der Waals surface area contributed by atoms with E-state index in [2.05, 4.69) is 0 Å². The van der Waals surface area contributed by atoms with E-state index in [4.69, 9.17) is 4.74 Å². The first-order valence-electron chi connectivity index (χ1n) is 9.04. The lowest BCUT2D eigenvalue weighted by molar-refractivity contribution is -0.149. The minimum absolute atomic E-state index is 0.0205. The number of benzene rings is 2. The average molecular weight is 391 g/mol. The Hall–Kier alpha value is -3.71. The Balaban J connectivity index is 2.17. The van der Waals surface area contributed by atoms with Gasteiger partial charge in [0, 0.05) is 5.56 Å². The molecule has 0 N–H and O–H groups in total. The van der Waals surface area contributed by atoms with Gasteiger partial charge in [-0.15, -0.1) is 0 Å². The summed E-state index contributed by atoms with van der Waals surface area (Å²) in [6.45, 7) is 3.46. The van der Waals surface area contributed by atoms with Crippen LogP contribution in [0.3, 0.4) is 0 Å². The number of anilines is 1. The van der Waals surface area contributed by atoms with Crippen LogP contribution in [0.15, 0.2) is 42.5 Å². The predicted octanol–water partition coefficient (Wildman–Crippen LogP) is 3.15. The fourth-order valence-corrected chi connectivity index (χ4v) is 3.69. The van der Waals surface area contributed by atoms with Crippen LogP contribution in [0.1, 0.15) is 23.6 Å². The van der Waals surface area contributed by atoms with Gasteiger partial charge in [0.15, 0.2) is 11.3 Å². The van der Waals surface area contributed by atoms with Crippen LogP contribution in [0.25, 0.3) is 0 Å². The van der Waals surface area contributed by atoms with Crippen LogP contribution in [-0.4, -0.2) is 18.5 Å². The summed E-state index contributed by atoms with van der Waals surface area (Å²) in [5.41, 5.74) is 0.130. The van der Waals surface area contributed by atoms with E-state index in [1.165, 1.54) is 17.0 Å². The number of carbonyl (C=O) groups is 2. The molecule has 1 aliphatic heterocycles. The first-order chi connectivity index (χ1) is 13.9. The van der Waals surface area contributed by atoms with Crippen LogP contribution in [0.2, 0.25) is 0 Å². The van der Waals surface area contributed by atoms with Gasteiger partial charge in [0.05, 0.1) is 31.0 Å². The van der Waals surface area contributed by atoms with Gasteiger partial charge in [0.1, 0.15) is 5.82 Å². The van der Waals surface area contributed by atoms with Gasteiger partial charge in [-0.25, -0.2) is 4.39 Å². The fourth-order valence-electron chi connectivity index (χ4n) is 3.69. The van der Waals surface area contributed by atoms with Crippen molar-refractivity contribution in [2.75, 3.05) is 11.5 Å². The first-order valence-corrected chi connectivity index (χ1v) is 9.04. The van der Waals surface area contributed by atoms with E-state index in [-0.39, 0.29) is 13.2 Å². The van der Waals surface area contributed by atoms with Gasteiger partial charge in [-0.2, -0.15) is 10.5 Å². The fraction of sp³-hybridized carbons (Fsp3) is 0.273. The Morgan fingerprint density at radius 3 is 2.52 bits per heavy atom. The molecule has 0 aromatic heterocycles. The summed E-state index contributed by atoms with van der Waals surface area (Å²) in [4.78, 5) is 27.4. The van der Waals surface area contributed by atoms with Gasteiger partial charge in [-0.3, -0.25) is 9.59 Å². The topological polar surface area (TPSA) is 94.2 Å². The number of amides is 1. The van der Waals surface area contributed by atoms with Crippen LogP contribution in [0.5, 0.6) is 0 Å². The van der Waals surface area contributed by atoms with Crippen LogP contribution in [0.4, 0.5) is 10.1 Å². The highest BCUT2D eigenvalue weighted by atomic mass is 19.1. The van der Waals surface area contributed by atoms with Crippen LogP contribution in [0, 0.1) is 41.3 Å². The van der Waals surface area contributed by atoms with E-state index in [0.717, 1.165) is 5.56 Å². The largest absolute Gasteiger partial charge is 0.465 e. The van der Waals surface area contributed by atoms with Gasteiger partial charge in [0.2, 0.25) is 0 Å². The van der Waals surface area contributed by atoms with Crippen molar-refractivity contribution in [1.82, 2.24) is 0 Å². The summed E-state index contributed by atoms with van der Waals surface area (Å²) >= 11 is 0. The number of hydrogen-bond acceptors (Lipinski definition) is 5. The molecule has 2 aromatic carbocycles. The summed E-state index contributed by atoms with van der Waals surface area (Å²) < 4.78 is 18.2. The van der Waals surface area contributed by atoms with Gasteiger partial charge < -0.3 is 9.64 Å². The standard InChI is InChI=1S/C22H18FN3O3/c1-3-29-20(27)18(11-24)22(13-25)17-6-4-5-14(2)19(17)26(21(22)28)12-15-7-9-16(23)10-8-15/h4-10,18H,3,12H2,1-2H3. The molecule has 29 heavy (non-hydrogen) atoms. The Morgan fingerprint density at radius 1 is 1.24 bits per heavy atom. The van der Waals surface area contributed by atoms with E-state index < -0.39 is 29.0 Å². The van der Waals surface area contributed by atoms with Crippen LogP contribution >= 0.6 is 0 Å². The highest BCUT2D eigenvalue weighted by Crippen LogP contribution is 2.48. The molecule has 146 valence electrons. The van der Waals surface area contributed by atoms with E-state index in [0.29, 0.717) is 16.8 Å². The van der Waals surface area contributed by atoms with Gasteiger partial charge >= 0.3 is 5.97 Å². The first kappa shape index (κ1) is 20.0. The molecule has 2 atom stereocenters. The number of halogens is 1. The zero-order valence-corrected chi connectivity index (χ0v) is 16.0. The molecule has 2 unspecified atom stereocenters. The maximum absolute atomic E-state index is 13.5. The average Bonchev–Trinajstić information content (AvgIpc) is 2.94. The zero-order valence-electron chi connectivity index (χ0n) is 16.0. The number of nitrogens with zero attached hydrogens (tertiary/aromatic N) is 3. The van der Waals surface area contributed by atoms with Crippen molar-refractivity contribution >= 4 is 17.6 Å². The minimum Gasteiger partial charge on any atom is -0.465 e. The summed E-state index contributed by atoms with van der Waals surface area (Å²) in [7, 11) is 0. The minimum atomic E-state index is -2.01. The molecule has 3 rings (SSSR count). The van der Waals surface area contributed by atoms with Crippen LogP contribution in [-0.2, 0) is 26.3 Å². The third kappa shape index (κ3) is 3.11. The SMILES string of the molecule is CCOC(=O)C(C#N)C1(C#N)C(=O)N(Cc2ccc(F)cc2)c2c(C)cccc21. The summed E-state index contributed by atoms with van der Waals surface area (Å²) in [6, 6.07) is 14.4. The number of rotatable bonds is 5. The molecule has 0 saturated carbocycles. The quantitative estimate of drug-likeness (QED) is 0.730. The van der Waals surface area contributed by atoms with E-state index >= 15 is 0 Å².